The van der Waals surface area contributed by atoms with Gasteiger partial charge in [-0.15, -0.1) is 0 Å². The zero-order valence-electron chi connectivity index (χ0n) is 15.7. The maximum atomic E-state index is 5.41. The van der Waals surface area contributed by atoms with Gasteiger partial charge in [-0.05, 0) is 18.1 Å². The Morgan fingerprint density at radius 3 is 2.12 bits per heavy atom. The number of hydrogen-bond donors (Lipinski definition) is 0. The van der Waals surface area contributed by atoms with Crippen LogP contribution in [-0.4, -0.2) is 24.2 Å². The molecule has 0 fully saturated rings. The highest BCUT2D eigenvalue weighted by Crippen LogP contribution is 2.35. The summed E-state index contributed by atoms with van der Waals surface area (Å²) in [5.74, 6) is 1.35. The van der Waals surface area contributed by atoms with Gasteiger partial charge in [0, 0.05) is 17.0 Å². The number of hydrogen-bond acceptors (Lipinski definition) is 4. The number of aromatic nitrogens is 2. The van der Waals surface area contributed by atoms with E-state index in [0.717, 1.165) is 35.0 Å². The first-order valence-corrected chi connectivity index (χ1v) is 8.73. The molecule has 1 aromatic heterocycles. The van der Waals surface area contributed by atoms with Crippen LogP contribution in [0.4, 0.5) is 0 Å². The molecule has 0 aliphatic carbocycles. The zero-order valence-corrected chi connectivity index (χ0v) is 15.7. The third kappa shape index (κ3) is 4.08. The number of nitrogens with zero attached hydrogens (tertiary/aromatic N) is 2. The molecule has 0 aliphatic heterocycles. The number of aryl methyl sites for hydroxylation is 1. The second kappa shape index (κ2) is 9.02. The molecule has 1 heterocycles. The molecule has 0 N–H and O–H groups in total. The summed E-state index contributed by atoms with van der Waals surface area (Å²) >= 11 is 0. The Kier molecular flexibility index (Phi) is 6.75. The highest BCUT2D eigenvalue weighted by molar-refractivity contribution is 5.94. The fourth-order valence-electron chi connectivity index (χ4n) is 2.73. The molecule has 3 rings (SSSR count). The maximum Gasteiger partial charge on any atom is 0.162 e. The van der Waals surface area contributed by atoms with Gasteiger partial charge in [0.25, 0.3) is 0 Å². The summed E-state index contributed by atoms with van der Waals surface area (Å²) in [6.07, 6.45) is 3.83. The van der Waals surface area contributed by atoms with Crippen molar-refractivity contribution in [2.75, 3.05) is 14.2 Å². The van der Waals surface area contributed by atoms with E-state index in [1.165, 1.54) is 5.56 Å². The molecule has 132 valence electrons. The predicted molar refractivity (Wildman–Crippen MR) is 103 cm³/mol. The maximum absolute atomic E-state index is 5.41. The third-order valence-corrected chi connectivity index (χ3v) is 3.91. The number of benzene rings is 2. The van der Waals surface area contributed by atoms with Gasteiger partial charge in [-0.25, -0.2) is 9.97 Å². The van der Waals surface area contributed by atoms with Gasteiger partial charge in [0.1, 0.15) is 6.33 Å². The van der Waals surface area contributed by atoms with Gasteiger partial charge in [0.2, 0.25) is 0 Å². The molecule has 0 saturated carbocycles. The smallest absolute Gasteiger partial charge is 0.162 e. The fourth-order valence-corrected chi connectivity index (χ4v) is 2.73. The van der Waals surface area contributed by atoms with Gasteiger partial charge >= 0.3 is 0 Å². The van der Waals surface area contributed by atoms with Crippen LogP contribution in [0.3, 0.4) is 0 Å². The van der Waals surface area contributed by atoms with Gasteiger partial charge in [-0.1, -0.05) is 51.5 Å². The second-order valence-corrected chi connectivity index (χ2v) is 5.39. The summed E-state index contributed by atoms with van der Waals surface area (Å²) < 4.78 is 10.8. The summed E-state index contributed by atoms with van der Waals surface area (Å²) in [5.41, 5.74) is 4.16. The van der Waals surface area contributed by atoms with E-state index in [0.29, 0.717) is 11.5 Å². The Hall–Kier alpha value is -2.62. The largest absolute Gasteiger partial charge is 0.493 e. The minimum Gasteiger partial charge on any atom is -0.493 e. The Bertz CT molecular complexity index is 814. The number of rotatable bonds is 5. The Labute approximate surface area is 149 Å². The summed E-state index contributed by atoms with van der Waals surface area (Å²) in [6.45, 7) is 6.19. The lowest BCUT2D eigenvalue weighted by atomic mass is 10.0. The van der Waals surface area contributed by atoms with Crippen LogP contribution in [0, 0.1) is 0 Å². The van der Waals surface area contributed by atoms with Crippen molar-refractivity contribution in [2.24, 2.45) is 0 Å². The highest BCUT2D eigenvalue weighted by Gasteiger charge is 2.12. The van der Waals surface area contributed by atoms with Crippen LogP contribution >= 0.6 is 0 Å². The summed E-state index contributed by atoms with van der Waals surface area (Å²) in [7, 11) is 3.25. The first-order chi connectivity index (χ1) is 12.3. The normalized spacial score (nSPS) is 10.1. The van der Waals surface area contributed by atoms with Crippen molar-refractivity contribution in [2.45, 2.75) is 33.6 Å². The van der Waals surface area contributed by atoms with E-state index in [1.54, 1.807) is 20.5 Å². The molecule has 4 heteroatoms. The average molecular weight is 338 g/mol. The zero-order chi connectivity index (χ0) is 18.2. The summed E-state index contributed by atoms with van der Waals surface area (Å²) in [5, 5.41) is 0.952. The molecule has 0 aliphatic rings. The van der Waals surface area contributed by atoms with Crippen LogP contribution in [0.15, 0.2) is 42.7 Å². The fraction of sp³-hybridized carbons (Fsp3) is 0.333. The lowest BCUT2D eigenvalue weighted by Crippen LogP contribution is -1.94. The first kappa shape index (κ1) is 18.7. The van der Waals surface area contributed by atoms with Crippen LogP contribution in [0.25, 0.3) is 22.2 Å². The minimum atomic E-state index is 0.669. The van der Waals surface area contributed by atoms with E-state index in [2.05, 4.69) is 41.2 Å². The van der Waals surface area contributed by atoms with Gasteiger partial charge in [0.05, 0.1) is 25.4 Å². The molecule has 0 bridgehead atoms. The van der Waals surface area contributed by atoms with Crippen molar-refractivity contribution in [3.05, 3.63) is 48.3 Å². The monoisotopic (exact) mass is 338 g/mol. The standard InChI is InChI=1S/C19H20N2O2.C2H6/c1-4-5-13-6-8-14(9-7-13)19-15-10-17(22-2)18(23-3)11-16(15)20-12-21-19;1-2/h6-12H,4-5H2,1-3H3;1-2H3. The lowest BCUT2D eigenvalue weighted by molar-refractivity contribution is 0.356. The van der Waals surface area contributed by atoms with Crippen LogP contribution in [0.5, 0.6) is 11.5 Å². The predicted octanol–water partition coefficient (Wildman–Crippen LogP) is 5.29. The summed E-state index contributed by atoms with van der Waals surface area (Å²) in [4.78, 5) is 8.83. The molecule has 2 aromatic carbocycles. The number of ether oxygens (including phenoxy) is 2. The van der Waals surface area contributed by atoms with Crippen molar-refractivity contribution in [1.29, 1.82) is 0 Å². The van der Waals surface area contributed by atoms with E-state index in [4.69, 9.17) is 9.47 Å². The van der Waals surface area contributed by atoms with E-state index < -0.39 is 0 Å². The van der Waals surface area contributed by atoms with Gasteiger partial charge in [-0.3, -0.25) is 0 Å². The molecule has 0 unspecified atom stereocenters. The van der Waals surface area contributed by atoms with Crippen molar-refractivity contribution in [3.63, 3.8) is 0 Å². The van der Waals surface area contributed by atoms with Crippen LogP contribution in [-0.2, 0) is 6.42 Å². The number of methoxy groups -OCH3 is 2. The molecule has 0 saturated heterocycles. The molecular weight excluding hydrogens is 312 g/mol. The van der Waals surface area contributed by atoms with Crippen molar-refractivity contribution >= 4 is 10.9 Å². The van der Waals surface area contributed by atoms with Gasteiger partial charge < -0.3 is 9.47 Å². The van der Waals surface area contributed by atoms with E-state index >= 15 is 0 Å². The average Bonchev–Trinajstić information content (AvgIpc) is 2.69. The Morgan fingerprint density at radius 1 is 0.880 bits per heavy atom. The molecular formula is C21H26N2O2. The molecule has 3 aromatic rings. The van der Waals surface area contributed by atoms with Crippen LogP contribution < -0.4 is 9.47 Å². The third-order valence-electron chi connectivity index (χ3n) is 3.91. The topological polar surface area (TPSA) is 44.2 Å². The van der Waals surface area contributed by atoms with E-state index in [1.807, 2.05) is 26.0 Å². The molecule has 25 heavy (non-hydrogen) atoms. The Balaban J connectivity index is 0.00000109. The second-order valence-electron chi connectivity index (χ2n) is 5.39. The molecule has 0 atom stereocenters. The van der Waals surface area contributed by atoms with Gasteiger partial charge in [0.15, 0.2) is 11.5 Å². The summed E-state index contributed by atoms with van der Waals surface area (Å²) in [6, 6.07) is 12.4. The SMILES string of the molecule is CC.CCCc1ccc(-c2ncnc3cc(OC)c(OC)cc23)cc1. The highest BCUT2D eigenvalue weighted by atomic mass is 16.5. The van der Waals surface area contributed by atoms with Crippen LogP contribution in [0.1, 0.15) is 32.8 Å². The number of fused-ring (bicyclic) bond motifs is 1. The van der Waals surface area contributed by atoms with Crippen molar-refractivity contribution in [1.82, 2.24) is 9.97 Å². The van der Waals surface area contributed by atoms with Crippen molar-refractivity contribution < 1.29 is 9.47 Å². The molecule has 0 spiro atoms. The van der Waals surface area contributed by atoms with E-state index in [-0.39, 0.29) is 0 Å². The Morgan fingerprint density at radius 2 is 1.52 bits per heavy atom. The van der Waals surface area contributed by atoms with Gasteiger partial charge in [-0.2, -0.15) is 0 Å². The molecule has 0 radical (unpaired) electrons. The first-order valence-electron chi connectivity index (χ1n) is 8.73. The quantitative estimate of drug-likeness (QED) is 0.634. The molecule has 4 nitrogen and oxygen atoms in total. The lowest BCUT2D eigenvalue weighted by Gasteiger charge is -2.11. The van der Waals surface area contributed by atoms with Crippen molar-refractivity contribution in [3.8, 4) is 22.8 Å². The molecule has 0 amide bonds. The van der Waals surface area contributed by atoms with Crippen LogP contribution in [0.2, 0.25) is 0 Å². The van der Waals surface area contributed by atoms with E-state index in [9.17, 15) is 0 Å². The minimum absolute atomic E-state index is 0.669.